The van der Waals surface area contributed by atoms with Crippen LogP contribution in [0.1, 0.15) is 48.8 Å². The summed E-state index contributed by atoms with van der Waals surface area (Å²) in [5.41, 5.74) is 2.44. The number of nitrogens with zero attached hydrogens (tertiary/aromatic N) is 2. The Morgan fingerprint density at radius 2 is 1.87 bits per heavy atom. The Labute approximate surface area is 183 Å². The predicted molar refractivity (Wildman–Crippen MR) is 124 cm³/mol. The Kier molecular flexibility index (Phi) is 8.65. The van der Waals surface area contributed by atoms with Gasteiger partial charge >= 0.3 is 6.09 Å². The fourth-order valence-corrected chi connectivity index (χ4v) is 3.46. The second-order valence-electron chi connectivity index (χ2n) is 7.94. The normalized spacial score (nSPS) is 11.9. The number of carbonyl (C=O) groups is 1. The minimum absolute atomic E-state index is 0.450. The summed E-state index contributed by atoms with van der Waals surface area (Å²) in [4.78, 5) is 22.2. The lowest BCUT2D eigenvalue weighted by molar-refractivity contribution is 0.0636. The Hall–Kier alpha value is -2.61. The molecule has 2 aromatic rings. The van der Waals surface area contributed by atoms with Crippen molar-refractivity contribution in [3.05, 3.63) is 45.4 Å². The van der Waals surface area contributed by atoms with E-state index in [1.54, 1.807) is 11.3 Å². The summed E-state index contributed by atoms with van der Waals surface area (Å²) in [6, 6.07) is 7.76. The molecule has 0 saturated carbocycles. The molecule has 0 unspecified atom stereocenters. The smallest absolute Gasteiger partial charge is 0.412 e. The van der Waals surface area contributed by atoms with E-state index in [1.807, 2.05) is 58.9 Å². The highest BCUT2D eigenvalue weighted by Gasteiger charge is 2.16. The number of thiazole rings is 1. The van der Waals surface area contributed by atoms with Crippen molar-refractivity contribution in [1.82, 2.24) is 15.6 Å². The van der Waals surface area contributed by atoms with E-state index < -0.39 is 11.7 Å². The third kappa shape index (κ3) is 8.41. The number of nitrogens with one attached hydrogen (secondary N) is 3. The Morgan fingerprint density at radius 1 is 1.17 bits per heavy atom. The zero-order valence-electron chi connectivity index (χ0n) is 18.8. The standard InChI is InChI=1S/C22H33N5O2S/c1-7-23-20(25-14-19-26-15(2)16(3)30-19)24-13-12-17-8-10-18(11-9-17)27-21(28)29-22(4,5)6/h8-11H,7,12-14H2,1-6H3,(H,27,28)(H2,23,24,25). The first-order chi connectivity index (χ1) is 14.2. The molecule has 0 atom stereocenters. The van der Waals surface area contributed by atoms with Crippen LogP contribution in [-0.2, 0) is 17.7 Å². The van der Waals surface area contributed by atoms with Gasteiger partial charge in [0.1, 0.15) is 10.6 Å². The zero-order chi connectivity index (χ0) is 22.1. The van der Waals surface area contributed by atoms with Gasteiger partial charge < -0.3 is 15.4 Å². The fraction of sp³-hybridized carbons (Fsp3) is 0.500. The molecule has 0 spiro atoms. The zero-order valence-corrected chi connectivity index (χ0v) is 19.6. The van der Waals surface area contributed by atoms with Crippen LogP contribution in [0.15, 0.2) is 29.3 Å². The van der Waals surface area contributed by atoms with Crippen LogP contribution in [0.3, 0.4) is 0 Å². The van der Waals surface area contributed by atoms with Crippen molar-refractivity contribution in [3.63, 3.8) is 0 Å². The number of anilines is 1. The number of guanidine groups is 1. The monoisotopic (exact) mass is 431 g/mol. The molecule has 8 heteroatoms. The lowest BCUT2D eigenvalue weighted by atomic mass is 10.1. The van der Waals surface area contributed by atoms with Gasteiger partial charge in [0.05, 0.1) is 12.2 Å². The molecule has 3 N–H and O–H groups in total. The highest BCUT2D eigenvalue weighted by molar-refractivity contribution is 7.11. The molecule has 1 amide bonds. The van der Waals surface area contributed by atoms with Crippen molar-refractivity contribution in [2.75, 3.05) is 18.4 Å². The number of aliphatic imine (C=N–C) groups is 1. The molecule has 164 valence electrons. The highest BCUT2D eigenvalue weighted by atomic mass is 32.1. The van der Waals surface area contributed by atoms with E-state index in [0.29, 0.717) is 12.2 Å². The van der Waals surface area contributed by atoms with Gasteiger partial charge in [-0.1, -0.05) is 12.1 Å². The van der Waals surface area contributed by atoms with Gasteiger partial charge in [0, 0.05) is 23.7 Å². The molecule has 0 bridgehead atoms. The SMILES string of the molecule is CCNC(=NCc1nc(C)c(C)s1)NCCc1ccc(NC(=O)OC(C)(C)C)cc1. The summed E-state index contributed by atoms with van der Waals surface area (Å²) in [6.45, 7) is 13.8. The van der Waals surface area contributed by atoms with Gasteiger partial charge in [-0.3, -0.25) is 5.32 Å². The first-order valence-corrected chi connectivity index (χ1v) is 11.0. The Balaban J connectivity index is 1.83. The largest absolute Gasteiger partial charge is 0.444 e. The molecule has 0 radical (unpaired) electrons. The summed E-state index contributed by atoms with van der Waals surface area (Å²) >= 11 is 1.69. The predicted octanol–water partition coefficient (Wildman–Crippen LogP) is 4.40. The molecule has 1 heterocycles. The van der Waals surface area contributed by atoms with Crippen molar-refractivity contribution >= 4 is 29.1 Å². The van der Waals surface area contributed by atoms with Crippen LogP contribution in [0.25, 0.3) is 0 Å². The van der Waals surface area contributed by atoms with Gasteiger partial charge in [0.2, 0.25) is 0 Å². The summed E-state index contributed by atoms with van der Waals surface area (Å²) in [6.07, 6.45) is 0.390. The van der Waals surface area contributed by atoms with Crippen LogP contribution in [0.4, 0.5) is 10.5 Å². The van der Waals surface area contributed by atoms with Crippen LogP contribution < -0.4 is 16.0 Å². The molecule has 0 fully saturated rings. The lowest BCUT2D eigenvalue weighted by Gasteiger charge is -2.19. The van der Waals surface area contributed by atoms with Crippen molar-refractivity contribution in [2.24, 2.45) is 4.99 Å². The van der Waals surface area contributed by atoms with Gasteiger partial charge in [-0.2, -0.15) is 0 Å². The first kappa shape index (κ1) is 23.7. The molecule has 0 aliphatic carbocycles. The molecule has 30 heavy (non-hydrogen) atoms. The van der Waals surface area contributed by atoms with E-state index >= 15 is 0 Å². The average Bonchev–Trinajstić information content (AvgIpc) is 2.97. The lowest BCUT2D eigenvalue weighted by Crippen LogP contribution is -2.38. The van der Waals surface area contributed by atoms with Crippen LogP contribution in [-0.4, -0.2) is 35.7 Å². The number of benzene rings is 1. The second kappa shape index (κ2) is 11.0. The minimum Gasteiger partial charge on any atom is -0.444 e. The Morgan fingerprint density at radius 3 is 2.43 bits per heavy atom. The van der Waals surface area contributed by atoms with E-state index in [-0.39, 0.29) is 0 Å². The number of hydrogen-bond acceptors (Lipinski definition) is 5. The highest BCUT2D eigenvalue weighted by Crippen LogP contribution is 2.17. The number of amides is 1. The second-order valence-corrected chi connectivity index (χ2v) is 9.23. The summed E-state index contributed by atoms with van der Waals surface area (Å²) < 4.78 is 5.26. The average molecular weight is 432 g/mol. The third-order valence-corrected chi connectivity index (χ3v) is 5.15. The summed E-state index contributed by atoms with van der Waals surface area (Å²) in [5, 5.41) is 10.4. The van der Waals surface area contributed by atoms with Crippen LogP contribution in [0, 0.1) is 13.8 Å². The van der Waals surface area contributed by atoms with Gasteiger partial charge in [0.25, 0.3) is 0 Å². The van der Waals surface area contributed by atoms with Crippen molar-refractivity contribution in [3.8, 4) is 0 Å². The number of aromatic nitrogens is 1. The van der Waals surface area contributed by atoms with Crippen LogP contribution in [0.5, 0.6) is 0 Å². The van der Waals surface area contributed by atoms with Crippen LogP contribution >= 0.6 is 11.3 Å². The van der Waals surface area contributed by atoms with Crippen molar-refractivity contribution in [1.29, 1.82) is 0 Å². The van der Waals surface area contributed by atoms with Gasteiger partial charge in [-0.15, -0.1) is 11.3 Å². The van der Waals surface area contributed by atoms with E-state index in [9.17, 15) is 4.79 Å². The summed E-state index contributed by atoms with van der Waals surface area (Å²) in [5.74, 6) is 0.784. The number of rotatable bonds is 7. The number of aryl methyl sites for hydroxylation is 2. The minimum atomic E-state index is -0.515. The van der Waals surface area contributed by atoms with Gasteiger partial charge in [-0.05, 0) is 65.7 Å². The number of carbonyl (C=O) groups excluding carboxylic acids is 1. The number of hydrogen-bond donors (Lipinski definition) is 3. The molecule has 0 aliphatic heterocycles. The summed E-state index contributed by atoms with van der Waals surface area (Å²) in [7, 11) is 0. The van der Waals surface area contributed by atoms with Gasteiger partial charge in [0.15, 0.2) is 5.96 Å². The maximum Gasteiger partial charge on any atom is 0.412 e. The molecule has 1 aromatic carbocycles. The van der Waals surface area contributed by atoms with E-state index in [2.05, 4.69) is 32.9 Å². The Bertz CT molecular complexity index is 834. The van der Waals surface area contributed by atoms with Crippen LogP contribution in [0.2, 0.25) is 0 Å². The maximum atomic E-state index is 11.8. The van der Waals surface area contributed by atoms with Gasteiger partial charge in [-0.25, -0.2) is 14.8 Å². The number of ether oxygens (including phenoxy) is 1. The molecule has 0 aliphatic rings. The maximum absolute atomic E-state index is 11.8. The van der Waals surface area contributed by atoms with Crippen molar-refractivity contribution < 1.29 is 9.53 Å². The first-order valence-electron chi connectivity index (χ1n) is 10.2. The van der Waals surface area contributed by atoms with E-state index in [1.165, 1.54) is 10.4 Å². The molecule has 0 saturated heterocycles. The van der Waals surface area contributed by atoms with Crippen molar-refractivity contribution in [2.45, 2.75) is 60.1 Å². The molecule has 2 rings (SSSR count). The fourth-order valence-electron chi connectivity index (χ4n) is 2.60. The quantitative estimate of drug-likeness (QED) is 0.447. The third-order valence-electron chi connectivity index (χ3n) is 4.09. The molecular weight excluding hydrogens is 398 g/mol. The topological polar surface area (TPSA) is 87.6 Å². The molecule has 1 aromatic heterocycles. The van der Waals surface area contributed by atoms with E-state index in [0.717, 1.165) is 36.2 Å². The van der Waals surface area contributed by atoms with E-state index in [4.69, 9.17) is 4.74 Å². The molecule has 7 nitrogen and oxygen atoms in total. The molecular formula is C22H33N5O2S.